The van der Waals surface area contributed by atoms with Gasteiger partial charge in [-0.05, 0) is 37.0 Å². The van der Waals surface area contributed by atoms with Crippen molar-refractivity contribution in [3.63, 3.8) is 0 Å². The number of nitrogens with one attached hydrogen (secondary N) is 1. The van der Waals surface area contributed by atoms with Gasteiger partial charge in [0.25, 0.3) is 5.91 Å². The van der Waals surface area contributed by atoms with Gasteiger partial charge in [0.1, 0.15) is 5.82 Å². The first-order valence-electron chi connectivity index (χ1n) is 10.2. The molecular weight excluding hydrogens is 378 g/mol. The molecule has 2 atom stereocenters. The Hall–Kier alpha value is -3.41. The third-order valence-electron chi connectivity index (χ3n) is 5.02. The molecule has 0 saturated carbocycles. The Balaban J connectivity index is 1.54. The normalized spacial score (nSPS) is 12.8. The number of rotatable bonds is 8. The maximum atomic E-state index is 12.4. The van der Waals surface area contributed by atoms with Gasteiger partial charge in [-0.2, -0.15) is 5.10 Å². The van der Waals surface area contributed by atoms with Crippen LogP contribution in [0, 0.1) is 0 Å². The molecule has 156 valence electrons. The van der Waals surface area contributed by atoms with Crippen LogP contribution in [0.1, 0.15) is 38.8 Å². The molecule has 0 aliphatic carbocycles. The lowest BCUT2D eigenvalue weighted by Gasteiger charge is -2.17. The van der Waals surface area contributed by atoms with E-state index in [0.717, 1.165) is 23.1 Å². The van der Waals surface area contributed by atoms with Gasteiger partial charge in [0.15, 0.2) is 6.10 Å². The molecule has 0 saturated heterocycles. The van der Waals surface area contributed by atoms with E-state index in [0.29, 0.717) is 5.82 Å². The fourth-order valence-corrected chi connectivity index (χ4v) is 3.07. The number of benzene rings is 2. The monoisotopic (exact) mass is 405 g/mol. The Bertz CT molecular complexity index is 980. The van der Waals surface area contributed by atoms with Gasteiger partial charge in [0.05, 0.1) is 18.7 Å². The van der Waals surface area contributed by atoms with E-state index >= 15 is 0 Å². The van der Waals surface area contributed by atoms with E-state index in [4.69, 9.17) is 4.74 Å². The standard InChI is InChI=1S/C24H27N3O3/c1-4-17(2)27-22(14-15-25-27)26-24(29)18(3)30-23(28)16-19-10-12-21(13-11-19)20-8-6-5-7-9-20/h5-15,17-18H,4,16H2,1-3H3,(H,26,29)/t17-,18+/m0/s1. The minimum atomic E-state index is -0.902. The number of carbonyl (C=O) groups is 2. The first-order valence-corrected chi connectivity index (χ1v) is 10.2. The zero-order valence-electron chi connectivity index (χ0n) is 17.5. The van der Waals surface area contributed by atoms with Gasteiger partial charge < -0.3 is 10.1 Å². The molecule has 1 heterocycles. The van der Waals surface area contributed by atoms with Crippen LogP contribution in [-0.4, -0.2) is 27.8 Å². The van der Waals surface area contributed by atoms with Gasteiger partial charge in [-0.25, -0.2) is 4.68 Å². The summed E-state index contributed by atoms with van der Waals surface area (Å²) in [5.74, 6) is -0.234. The lowest BCUT2D eigenvalue weighted by Crippen LogP contribution is -2.31. The molecule has 30 heavy (non-hydrogen) atoms. The average Bonchev–Trinajstić information content (AvgIpc) is 3.22. The highest BCUT2D eigenvalue weighted by Gasteiger charge is 2.20. The van der Waals surface area contributed by atoms with Gasteiger partial charge in [-0.15, -0.1) is 0 Å². The molecular formula is C24H27N3O3. The topological polar surface area (TPSA) is 73.2 Å². The minimum Gasteiger partial charge on any atom is -0.452 e. The second-order valence-electron chi connectivity index (χ2n) is 7.28. The Morgan fingerprint density at radius 3 is 2.33 bits per heavy atom. The van der Waals surface area contributed by atoms with Crippen molar-refractivity contribution in [1.82, 2.24) is 9.78 Å². The number of anilines is 1. The number of hydrogen-bond acceptors (Lipinski definition) is 4. The first kappa shape index (κ1) is 21.3. The van der Waals surface area contributed by atoms with E-state index in [1.54, 1.807) is 23.9 Å². The van der Waals surface area contributed by atoms with Gasteiger partial charge >= 0.3 is 5.97 Å². The highest BCUT2D eigenvalue weighted by molar-refractivity contribution is 5.94. The molecule has 0 unspecified atom stereocenters. The molecule has 1 N–H and O–H groups in total. The molecule has 6 nitrogen and oxygen atoms in total. The van der Waals surface area contributed by atoms with Crippen LogP contribution in [0.2, 0.25) is 0 Å². The third kappa shape index (κ3) is 5.35. The van der Waals surface area contributed by atoms with Crippen LogP contribution in [0.25, 0.3) is 11.1 Å². The van der Waals surface area contributed by atoms with Crippen LogP contribution in [-0.2, 0) is 20.7 Å². The quantitative estimate of drug-likeness (QED) is 0.555. The third-order valence-corrected chi connectivity index (χ3v) is 5.02. The van der Waals surface area contributed by atoms with Crippen LogP contribution in [0.3, 0.4) is 0 Å². The molecule has 0 bridgehead atoms. The van der Waals surface area contributed by atoms with Crippen molar-refractivity contribution >= 4 is 17.7 Å². The zero-order chi connectivity index (χ0) is 21.5. The molecule has 0 aliphatic rings. The molecule has 6 heteroatoms. The number of ether oxygens (including phenoxy) is 1. The first-order chi connectivity index (χ1) is 14.5. The van der Waals surface area contributed by atoms with E-state index in [1.165, 1.54) is 0 Å². The van der Waals surface area contributed by atoms with E-state index in [1.807, 2.05) is 61.5 Å². The summed E-state index contributed by atoms with van der Waals surface area (Å²) in [7, 11) is 0. The van der Waals surface area contributed by atoms with Gasteiger partial charge in [-0.1, -0.05) is 61.5 Å². The van der Waals surface area contributed by atoms with E-state index in [9.17, 15) is 9.59 Å². The molecule has 0 fully saturated rings. The highest BCUT2D eigenvalue weighted by Crippen LogP contribution is 2.20. The summed E-state index contributed by atoms with van der Waals surface area (Å²) in [6, 6.07) is 19.7. The minimum absolute atomic E-state index is 0.109. The van der Waals surface area contributed by atoms with Crippen LogP contribution in [0.4, 0.5) is 5.82 Å². The Kier molecular flexibility index (Phi) is 7.01. The maximum absolute atomic E-state index is 12.4. The largest absolute Gasteiger partial charge is 0.452 e. The second-order valence-corrected chi connectivity index (χ2v) is 7.28. The fourth-order valence-electron chi connectivity index (χ4n) is 3.07. The number of nitrogens with zero attached hydrogens (tertiary/aromatic N) is 2. The van der Waals surface area contributed by atoms with Crippen LogP contribution < -0.4 is 5.32 Å². The summed E-state index contributed by atoms with van der Waals surface area (Å²) in [6.45, 7) is 5.64. The van der Waals surface area contributed by atoms with Crippen molar-refractivity contribution < 1.29 is 14.3 Å². The molecule has 0 radical (unpaired) electrons. The van der Waals surface area contributed by atoms with Crippen molar-refractivity contribution in [3.05, 3.63) is 72.4 Å². The summed E-state index contributed by atoms with van der Waals surface area (Å²) in [4.78, 5) is 24.7. The highest BCUT2D eigenvalue weighted by atomic mass is 16.5. The van der Waals surface area contributed by atoms with Gasteiger partial charge in [0.2, 0.25) is 0 Å². The smallest absolute Gasteiger partial charge is 0.311 e. The Morgan fingerprint density at radius 2 is 1.67 bits per heavy atom. The Labute approximate surface area is 176 Å². The van der Waals surface area contributed by atoms with E-state index in [-0.39, 0.29) is 18.4 Å². The number of esters is 1. The van der Waals surface area contributed by atoms with Crippen LogP contribution >= 0.6 is 0 Å². The van der Waals surface area contributed by atoms with Crippen LogP contribution in [0.15, 0.2) is 66.9 Å². The number of carbonyl (C=O) groups excluding carboxylic acids is 2. The lowest BCUT2D eigenvalue weighted by atomic mass is 10.0. The molecule has 1 amide bonds. The van der Waals surface area contributed by atoms with Crippen molar-refractivity contribution in [2.45, 2.75) is 45.8 Å². The Morgan fingerprint density at radius 1 is 1.00 bits per heavy atom. The molecule has 3 aromatic rings. The molecule has 1 aromatic heterocycles. The summed E-state index contributed by atoms with van der Waals surface area (Å²) < 4.78 is 7.08. The van der Waals surface area contributed by atoms with Crippen molar-refractivity contribution in [2.75, 3.05) is 5.32 Å². The van der Waals surface area contributed by atoms with Gasteiger partial charge in [-0.3, -0.25) is 9.59 Å². The fraction of sp³-hybridized carbons (Fsp3) is 0.292. The number of aromatic nitrogens is 2. The average molecular weight is 405 g/mol. The predicted molar refractivity (Wildman–Crippen MR) is 117 cm³/mol. The number of hydrogen-bond donors (Lipinski definition) is 1. The summed E-state index contributed by atoms with van der Waals surface area (Å²) in [5.41, 5.74) is 3.04. The zero-order valence-corrected chi connectivity index (χ0v) is 17.5. The van der Waals surface area contributed by atoms with Crippen molar-refractivity contribution in [2.24, 2.45) is 0 Å². The summed E-state index contributed by atoms with van der Waals surface area (Å²) >= 11 is 0. The van der Waals surface area contributed by atoms with Crippen molar-refractivity contribution in [3.8, 4) is 11.1 Å². The lowest BCUT2D eigenvalue weighted by molar-refractivity contribution is -0.152. The van der Waals surface area contributed by atoms with E-state index in [2.05, 4.69) is 17.3 Å². The summed E-state index contributed by atoms with van der Waals surface area (Å²) in [6.07, 6.45) is 1.73. The second kappa shape index (κ2) is 9.87. The summed E-state index contributed by atoms with van der Waals surface area (Å²) in [5, 5.41) is 7.02. The predicted octanol–water partition coefficient (Wildman–Crippen LogP) is 4.63. The van der Waals surface area contributed by atoms with Crippen molar-refractivity contribution in [1.29, 1.82) is 0 Å². The molecule has 2 aromatic carbocycles. The van der Waals surface area contributed by atoms with Crippen LogP contribution in [0.5, 0.6) is 0 Å². The molecule has 0 spiro atoms. The molecule has 0 aliphatic heterocycles. The SMILES string of the molecule is CC[C@H](C)n1nccc1NC(=O)[C@@H](C)OC(=O)Cc1ccc(-c2ccccc2)cc1. The van der Waals surface area contributed by atoms with Gasteiger partial charge in [0, 0.05) is 6.07 Å². The van der Waals surface area contributed by atoms with E-state index < -0.39 is 12.1 Å². The number of amides is 1. The molecule has 3 rings (SSSR count). The maximum Gasteiger partial charge on any atom is 0.311 e.